The number of benzene rings is 1. The second-order valence-electron chi connectivity index (χ2n) is 6.04. The molecule has 0 radical (unpaired) electrons. The molecule has 5 heteroatoms. The maximum atomic E-state index is 12.4. The Morgan fingerprint density at radius 2 is 2.09 bits per heavy atom. The van der Waals surface area contributed by atoms with E-state index < -0.39 is 0 Å². The third-order valence-electron chi connectivity index (χ3n) is 4.55. The van der Waals surface area contributed by atoms with Crippen LogP contribution >= 0.6 is 0 Å². The zero-order valence-corrected chi connectivity index (χ0v) is 13.2. The van der Waals surface area contributed by atoms with Crippen molar-refractivity contribution in [3.63, 3.8) is 0 Å². The van der Waals surface area contributed by atoms with Gasteiger partial charge in [0.25, 0.3) is 0 Å². The highest BCUT2D eigenvalue weighted by Crippen LogP contribution is 2.27. The van der Waals surface area contributed by atoms with Crippen LogP contribution in [0.2, 0.25) is 0 Å². The maximum absolute atomic E-state index is 12.4. The van der Waals surface area contributed by atoms with Gasteiger partial charge in [0, 0.05) is 25.4 Å². The van der Waals surface area contributed by atoms with Crippen LogP contribution in [-0.4, -0.2) is 35.7 Å². The van der Waals surface area contributed by atoms with Crippen LogP contribution < -0.4 is 5.32 Å². The number of carbonyl (C=O) groups excluding carboxylic acids is 1. The Morgan fingerprint density at radius 3 is 2.68 bits per heavy atom. The summed E-state index contributed by atoms with van der Waals surface area (Å²) in [7, 11) is 1.81. The molecule has 1 aliphatic rings. The minimum atomic E-state index is -0.148. The lowest BCUT2D eigenvalue weighted by Gasteiger charge is -2.34. The van der Waals surface area contributed by atoms with Crippen LogP contribution in [0.3, 0.4) is 0 Å². The molecule has 0 bridgehead atoms. The summed E-state index contributed by atoms with van der Waals surface area (Å²) in [6, 6.07) is 7.42. The van der Waals surface area contributed by atoms with E-state index in [1.165, 1.54) is 0 Å². The summed E-state index contributed by atoms with van der Waals surface area (Å²) >= 11 is 0. The molecule has 2 N–H and O–H groups in total. The molecule has 22 heavy (non-hydrogen) atoms. The van der Waals surface area contributed by atoms with E-state index in [9.17, 15) is 9.90 Å². The predicted molar refractivity (Wildman–Crippen MR) is 85.5 cm³/mol. The van der Waals surface area contributed by atoms with Crippen molar-refractivity contribution < 1.29 is 9.90 Å². The Hall–Kier alpha value is -2.06. The lowest BCUT2D eigenvalue weighted by molar-refractivity contribution is 0.139. The molecule has 1 fully saturated rings. The fourth-order valence-electron chi connectivity index (χ4n) is 2.91. The number of rotatable bonds is 3. The average Bonchev–Trinajstić information content (AvgIpc) is 2.56. The summed E-state index contributed by atoms with van der Waals surface area (Å²) in [5.41, 5.74) is 2.15. The molecule has 1 aromatic carbocycles. The average molecular weight is 301 g/mol. The quantitative estimate of drug-likeness (QED) is 0.901. The van der Waals surface area contributed by atoms with Gasteiger partial charge in [-0.25, -0.2) is 4.79 Å². The Bertz CT molecular complexity index is 572. The number of anilines is 1. The van der Waals surface area contributed by atoms with Gasteiger partial charge in [-0.1, -0.05) is 6.07 Å². The van der Waals surface area contributed by atoms with Crippen LogP contribution in [0, 0.1) is 24.2 Å². The summed E-state index contributed by atoms with van der Waals surface area (Å²) < 4.78 is 0. The summed E-state index contributed by atoms with van der Waals surface area (Å²) in [5, 5.41) is 21.0. The molecule has 5 nitrogen and oxygen atoms in total. The number of hydrogen-bond acceptors (Lipinski definition) is 3. The summed E-state index contributed by atoms with van der Waals surface area (Å²) in [6.45, 7) is 2.14. The lowest BCUT2D eigenvalue weighted by Crippen LogP contribution is -2.42. The van der Waals surface area contributed by atoms with Crippen molar-refractivity contribution in [1.82, 2.24) is 4.90 Å². The van der Waals surface area contributed by atoms with Crippen molar-refractivity contribution >= 4 is 11.7 Å². The Labute approximate surface area is 131 Å². The van der Waals surface area contributed by atoms with Crippen molar-refractivity contribution in [3.05, 3.63) is 29.3 Å². The lowest BCUT2D eigenvalue weighted by atomic mass is 9.86. The first-order valence-electron chi connectivity index (χ1n) is 7.70. The molecule has 0 saturated heterocycles. The molecule has 2 amide bonds. The van der Waals surface area contributed by atoms with E-state index in [4.69, 9.17) is 5.26 Å². The standard InChI is InChI=1S/C17H23N3O2/c1-12-3-4-14(10-18)9-16(12)19-17(22)20(2)15-7-5-13(11-21)6-8-15/h3-4,9,13,15,21H,5-8,11H2,1-2H3,(H,19,22). The molecule has 2 rings (SSSR count). The Kier molecular flexibility index (Phi) is 5.40. The van der Waals surface area contributed by atoms with Gasteiger partial charge in [-0.2, -0.15) is 5.26 Å². The second-order valence-corrected chi connectivity index (χ2v) is 6.04. The van der Waals surface area contributed by atoms with E-state index in [2.05, 4.69) is 11.4 Å². The first-order valence-corrected chi connectivity index (χ1v) is 7.70. The molecule has 0 heterocycles. The first kappa shape index (κ1) is 16.3. The Morgan fingerprint density at radius 1 is 1.41 bits per heavy atom. The van der Waals surface area contributed by atoms with Crippen molar-refractivity contribution in [2.75, 3.05) is 19.0 Å². The monoisotopic (exact) mass is 301 g/mol. The second kappa shape index (κ2) is 7.28. The van der Waals surface area contributed by atoms with Gasteiger partial charge in [-0.3, -0.25) is 0 Å². The molecule has 1 aromatic rings. The van der Waals surface area contributed by atoms with E-state index in [0.29, 0.717) is 17.2 Å². The normalized spacial score (nSPS) is 21.0. The number of nitriles is 1. The molecule has 0 aliphatic heterocycles. The fraction of sp³-hybridized carbons (Fsp3) is 0.529. The highest BCUT2D eigenvalue weighted by atomic mass is 16.3. The third kappa shape index (κ3) is 3.77. The van der Waals surface area contributed by atoms with Gasteiger partial charge in [0.15, 0.2) is 0 Å². The number of aryl methyl sites for hydroxylation is 1. The van der Waals surface area contributed by atoms with Gasteiger partial charge in [-0.05, 0) is 56.2 Å². The number of hydrogen-bond donors (Lipinski definition) is 2. The van der Waals surface area contributed by atoms with E-state index >= 15 is 0 Å². The minimum Gasteiger partial charge on any atom is -0.396 e. The van der Waals surface area contributed by atoms with Crippen LogP contribution in [0.5, 0.6) is 0 Å². The van der Waals surface area contributed by atoms with Crippen LogP contribution in [0.4, 0.5) is 10.5 Å². The van der Waals surface area contributed by atoms with E-state index in [1.807, 2.05) is 20.0 Å². The zero-order chi connectivity index (χ0) is 16.1. The van der Waals surface area contributed by atoms with Gasteiger partial charge in [0.1, 0.15) is 0 Å². The van der Waals surface area contributed by atoms with Gasteiger partial charge < -0.3 is 15.3 Å². The van der Waals surface area contributed by atoms with Gasteiger partial charge in [0.2, 0.25) is 0 Å². The molecule has 0 spiro atoms. The maximum Gasteiger partial charge on any atom is 0.321 e. The van der Waals surface area contributed by atoms with Gasteiger partial charge in [-0.15, -0.1) is 0 Å². The molecule has 1 aliphatic carbocycles. The zero-order valence-electron chi connectivity index (χ0n) is 13.2. The number of nitrogens with one attached hydrogen (secondary N) is 1. The Balaban J connectivity index is 1.99. The molecular weight excluding hydrogens is 278 g/mol. The number of nitrogens with zero attached hydrogens (tertiary/aromatic N) is 2. The highest BCUT2D eigenvalue weighted by molar-refractivity contribution is 5.90. The summed E-state index contributed by atoms with van der Waals surface area (Å²) in [6.07, 6.45) is 3.77. The molecule has 118 valence electrons. The number of aliphatic hydroxyl groups excluding tert-OH is 1. The SMILES string of the molecule is Cc1ccc(C#N)cc1NC(=O)N(C)C1CCC(CO)CC1. The predicted octanol–water partition coefficient (Wildman–Crippen LogP) is 2.88. The number of amides is 2. The summed E-state index contributed by atoms with van der Waals surface area (Å²) in [4.78, 5) is 14.1. The number of aliphatic hydroxyl groups is 1. The topological polar surface area (TPSA) is 76.4 Å². The van der Waals surface area contributed by atoms with E-state index in [1.54, 1.807) is 17.0 Å². The van der Waals surface area contributed by atoms with Crippen LogP contribution in [-0.2, 0) is 0 Å². The van der Waals surface area contributed by atoms with Crippen LogP contribution in [0.15, 0.2) is 18.2 Å². The smallest absolute Gasteiger partial charge is 0.321 e. The molecular formula is C17H23N3O2. The van der Waals surface area contributed by atoms with E-state index in [-0.39, 0.29) is 18.7 Å². The van der Waals surface area contributed by atoms with Gasteiger partial charge >= 0.3 is 6.03 Å². The molecule has 0 aromatic heterocycles. The number of carbonyl (C=O) groups is 1. The van der Waals surface area contributed by atoms with E-state index in [0.717, 1.165) is 31.2 Å². The highest BCUT2D eigenvalue weighted by Gasteiger charge is 2.26. The van der Waals surface area contributed by atoms with Crippen LogP contribution in [0.25, 0.3) is 0 Å². The van der Waals surface area contributed by atoms with Crippen molar-refractivity contribution in [1.29, 1.82) is 5.26 Å². The van der Waals surface area contributed by atoms with Crippen LogP contribution in [0.1, 0.15) is 36.8 Å². The number of urea groups is 1. The molecule has 0 atom stereocenters. The van der Waals surface area contributed by atoms with Crippen molar-refractivity contribution in [3.8, 4) is 6.07 Å². The first-order chi connectivity index (χ1) is 10.5. The largest absolute Gasteiger partial charge is 0.396 e. The minimum absolute atomic E-state index is 0.148. The molecule has 1 saturated carbocycles. The summed E-state index contributed by atoms with van der Waals surface area (Å²) in [5.74, 6) is 0.377. The van der Waals surface area contributed by atoms with Crippen molar-refractivity contribution in [2.45, 2.75) is 38.6 Å². The fourth-order valence-corrected chi connectivity index (χ4v) is 2.91. The van der Waals surface area contributed by atoms with Gasteiger partial charge in [0.05, 0.1) is 11.6 Å². The van der Waals surface area contributed by atoms with Crippen molar-refractivity contribution in [2.24, 2.45) is 5.92 Å². The molecule has 0 unspecified atom stereocenters. The third-order valence-corrected chi connectivity index (χ3v) is 4.55.